The molecule has 0 spiro atoms. The second-order valence-corrected chi connectivity index (χ2v) is 7.73. The number of rotatable bonds is 10. The first-order valence-corrected chi connectivity index (χ1v) is 11.0. The van der Waals surface area contributed by atoms with E-state index in [0.717, 1.165) is 15.8 Å². The van der Waals surface area contributed by atoms with Crippen LogP contribution in [0, 0.1) is 5.92 Å². The van der Waals surface area contributed by atoms with Crippen molar-refractivity contribution in [2.75, 3.05) is 19.8 Å². The fourth-order valence-corrected chi connectivity index (χ4v) is 4.10. The zero-order valence-corrected chi connectivity index (χ0v) is 18.4. The van der Waals surface area contributed by atoms with E-state index in [9.17, 15) is 14.4 Å². The Morgan fingerprint density at radius 2 is 1.61 bits per heavy atom. The molecule has 8 heteroatoms. The largest absolute Gasteiger partial charge is 0.492 e. The highest BCUT2D eigenvalue weighted by atomic mass is 32.1. The molecule has 0 N–H and O–H groups in total. The van der Waals surface area contributed by atoms with Gasteiger partial charge in [-0.05, 0) is 50.1 Å². The number of para-hydroxylation sites is 1. The van der Waals surface area contributed by atoms with Gasteiger partial charge >= 0.3 is 16.8 Å². The molecule has 2 aromatic carbocycles. The maximum Gasteiger partial charge on any atom is 0.320 e. The summed E-state index contributed by atoms with van der Waals surface area (Å²) in [4.78, 5) is 36.4. The van der Waals surface area contributed by atoms with Crippen molar-refractivity contribution >= 4 is 33.5 Å². The van der Waals surface area contributed by atoms with Gasteiger partial charge in [0.15, 0.2) is 5.92 Å². The molecular formula is C23H25NO6S. The average Bonchev–Trinajstić information content (AvgIpc) is 3.08. The van der Waals surface area contributed by atoms with Gasteiger partial charge < -0.3 is 14.2 Å². The van der Waals surface area contributed by atoms with Crippen molar-refractivity contribution in [3.63, 3.8) is 0 Å². The zero-order valence-electron chi connectivity index (χ0n) is 17.5. The van der Waals surface area contributed by atoms with Crippen LogP contribution in [0.4, 0.5) is 0 Å². The van der Waals surface area contributed by atoms with E-state index in [2.05, 4.69) is 0 Å². The smallest absolute Gasteiger partial charge is 0.320 e. The van der Waals surface area contributed by atoms with Crippen molar-refractivity contribution in [1.29, 1.82) is 0 Å². The van der Waals surface area contributed by atoms with Crippen LogP contribution in [-0.2, 0) is 32.0 Å². The number of esters is 2. The number of hydrogen-bond acceptors (Lipinski definition) is 7. The molecule has 0 atom stereocenters. The van der Waals surface area contributed by atoms with Crippen molar-refractivity contribution in [3.05, 3.63) is 63.8 Å². The molecule has 0 aliphatic rings. The molecule has 0 saturated heterocycles. The van der Waals surface area contributed by atoms with Crippen LogP contribution in [0.1, 0.15) is 19.4 Å². The molecule has 0 saturated carbocycles. The van der Waals surface area contributed by atoms with E-state index in [-0.39, 0.29) is 24.5 Å². The summed E-state index contributed by atoms with van der Waals surface area (Å²) >= 11 is 1.22. The van der Waals surface area contributed by atoms with Crippen molar-refractivity contribution in [2.24, 2.45) is 5.92 Å². The Morgan fingerprint density at radius 3 is 2.26 bits per heavy atom. The maximum absolute atomic E-state index is 12.2. The molecule has 0 aliphatic heterocycles. The van der Waals surface area contributed by atoms with Gasteiger partial charge in [-0.2, -0.15) is 0 Å². The Morgan fingerprint density at radius 1 is 0.968 bits per heavy atom. The third-order valence-electron chi connectivity index (χ3n) is 4.66. The second kappa shape index (κ2) is 10.8. The molecule has 3 aromatic rings. The Kier molecular flexibility index (Phi) is 7.83. The van der Waals surface area contributed by atoms with Crippen molar-refractivity contribution < 1.29 is 23.8 Å². The van der Waals surface area contributed by atoms with E-state index in [4.69, 9.17) is 14.2 Å². The molecule has 164 valence electrons. The van der Waals surface area contributed by atoms with Gasteiger partial charge in [0, 0.05) is 0 Å². The van der Waals surface area contributed by atoms with E-state index in [1.807, 2.05) is 24.3 Å². The van der Waals surface area contributed by atoms with Crippen LogP contribution < -0.4 is 9.61 Å². The predicted octanol–water partition coefficient (Wildman–Crippen LogP) is 3.43. The van der Waals surface area contributed by atoms with Gasteiger partial charge in [-0.25, -0.2) is 0 Å². The lowest BCUT2D eigenvalue weighted by atomic mass is 9.99. The lowest BCUT2D eigenvalue weighted by Crippen LogP contribution is -2.30. The van der Waals surface area contributed by atoms with Crippen LogP contribution in [-0.4, -0.2) is 36.3 Å². The summed E-state index contributed by atoms with van der Waals surface area (Å²) in [6, 6.07) is 14.8. The summed E-state index contributed by atoms with van der Waals surface area (Å²) in [5.74, 6) is -1.53. The van der Waals surface area contributed by atoms with E-state index in [1.165, 1.54) is 11.3 Å². The summed E-state index contributed by atoms with van der Waals surface area (Å²) in [6.45, 7) is 4.57. The Hall–Kier alpha value is -3.13. The molecule has 0 fully saturated rings. The fourth-order valence-electron chi connectivity index (χ4n) is 3.19. The summed E-state index contributed by atoms with van der Waals surface area (Å²) in [6.07, 6.45) is 0.189. The molecule has 0 bridgehead atoms. The SMILES string of the molecule is CCOC(=O)C(Cc1ccc(OCCn2c(=O)sc3ccccc32)cc1)C(=O)OCC. The average molecular weight is 444 g/mol. The summed E-state index contributed by atoms with van der Waals surface area (Å²) < 4.78 is 18.4. The van der Waals surface area contributed by atoms with Crippen LogP contribution in [0.25, 0.3) is 10.2 Å². The molecule has 1 aromatic heterocycles. The number of fused-ring (bicyclic) bond motifs is 1. The minimum atomic E-state index is -0.995. The first-order valence-electron chi connectivity index (χ1n) is 10.2. The van der Waals surface area contributed by atoms with Gasteiger partial charge in [-0.3, -0.25) is 19.0 Å². The molecule has 3 rings (SSSR count). The van der Waals surface area contributed by atoms with Crippen molar-refractivity contribution in [2.45, 2.75) is 26.8 Å². The van der Waals surface area contributed by atoms with Crippen LogP contribution >= 0.6 is 11.3 Å². The zero-order chi connectivity index (χ0) is 22.2. The Labute approximate surface area is 184 Å². The lowest BCUT2D eigenvalue weighted by Gasteiger charge is -2.14. The van der Waals surface area contributed by atoms with Gasteiger partial charge in [0.25, 0.3) is 0 Å². The van der Waals surface area contributed by atoms with Gasteiger partial charge in [-0.1, -0.05) is 35.6 Å². The standard InChI is InChI=1S/C23H25NO6S/c1-3-28-21(25)18(22(26)29-4-2)15-16-9-11-17(12-10-16)30-14-13-24-19-7-5-6-8-20(19)31-23(24)27/h5-12,18H,3-4,13-15H2,1-2H3. The number of nitrogens with zero attached hydrogens (tertiary/aromatic N) is 1. The highest BCUT2D eigenvalue weighted by molar-refractivity contribution is 7.16. The maximum atomic E-state index is 12.2. The van der Waals surface area contributed by atoms with Gasteiger partial charge in [0.2, 0.25) is 0 Å². The molecular weight excluding hydrogens is 418 g/mol. The molecule has 0 aliphatic carbocycles. The number of hydrogen-bond donors (Lipinski definition) is 0. The molecule has 0 radical (unpaired) electrons. The number of benzene rings is 2. The van der Waals surface area contributed by atoms with Crippen molar-refractivity contribution in [1.82, 2.24) is 4.57 Å². The highest BCUT2D eigenvalue weighted by Crippen LogP contribution is 2.19. The monoisotopic (exact) mass is 443 g/mol. The molecule has 31 heavy (non-hydrogen) atoms. The van der Waals surface area contributed by atoms with Gasteiger partial charge in [-0.15, -0.1) is 0 Å². The number of ether oxygens (including phenoxy) is 3. The first kappa shape index (κ1) is 22.6. The highest BCUT2D eigenvalue weighted by Gasteiger charge is 2.29. The van der Waals surface area contributed by atoms with Crippen LogP contribution in [0.15, 0.2) is 53.3 Å². The van der Waals surface area contributed by atoms with Gasteiger partial charge in [0.1, 0.15) is 12.4 Å². The van der Waals surface area contributed by atoms with Crippen LogP contribution in [0.5, 0.6) is 5.75 Å². The summed E-state index contributed by atoms with van der Waals surface area (Å²) in [5.41, 5.74) is 1.69. The molecule has 1 heterocycles. The first-order chi connectivity index (χ1) is 15.0. The third-order valence-corrected chi connectivity index (χ3v) is 5.62. The van der Waals surface area contributed by atoms with Crippen molar-refractivity contribution in [3.8, 4) is 5.75 Å². The van der Waals surface area contributed by atoms with E-state index < -0.39 is 17.9 Å². The minimum absolute atomic E-state index is 0.0101. The van der Waals surface area contributed by atoms with Crippen LogP contribution in [0.2, 0.25) is 0 Å². The normalized spacial score (nSPS) is 10.9. The number of carbonyl (C=O) groups is 2. The number of aromatic nitrogens is 1. The fraction of sp³-hybridized carbons (Fsp3) is 0.348. The third kappa shape index (κ3) is 5.73. The lowest BCUT2D eigenvalue weighted by molar-refractivity contribution is -0.161. The molecule has 0 unspecified atom stereocenters. The quantitative estimate of drug-likeness (QED) is 0.353. The summed E-state index contributed by atoms with van der Waals surface area (Å²) in [7, 11) is 0. The topological polar surface area (TPSA) is 83.8 Å². The van der Waals surface area contributed by atoms with E-state index in [0.29, 0.717) is 18.9 Å². The minimum Gasteiger partial charge on any atom is -0.492 e. The van der Waals surface area contributed by atoms with E-state index in [1.54, 1.807) is 42.7 Å². The molecule has 0 amide bonds. The Balaban J connectivity index is 1.60. The van der Waals surface area contributed by atoms with Crippen LogP contribution in [0.3, 0.4) is 0 Å². The second-order valence-electron chi connectivity index (χ2n) is 6.74. The van der Waals surface area contributed by atoms with Gasteiger partial charge in [0.05, 0.1) is 30.0 Å². The van der Waals surface area contributed by atoms with E-state index >= 15 is 0 Å². The summed E-state index contributed by atoms with van der Waals surface area (Å²) in [5, 5.41) is 0. The molecule has 7 nitrogen and oxygen atoms in total. The Bertz CT molecular complexity index is 1070. The number of thiazole rings is 1. The number of carbonyl (C=O) groups excluding carboxylic acids is 2. The predicted molar refractivity (Wildman–Crippen MR) is 118 cm³/mol.